The molecule has 23 heavy (non-hydrogen) atoms. The highest BCUT2D eigenvalue weighted by Gasteiger charge is 2.14. The molecule has 1 amide bonds. The first-order valence-electron chi connectivity index (χ1n) is 6.44. The van der Waals surface area contributed by atoms with Crippen molar-refractivity contribution >= 4 is 45.8 Å². The van der Waals surface area contributed by atoms with E-state index < -0.39 is 17.3 Å². The van der Waals surface area contributed by atoms with Crippen LogP contribution in [0.4, 0.5) is 10.1 Å². The summed E-state index contributed by atoms with van der Waals surface area (Å²) in [5.41, 5.74) is 0.347. The van der Waals surface area contributed by atoms with E-state index in [2.05, 4.69) is 5.32 Å². The van der Waals surface area contributed by atoms with Gasteiger partial charge in [-0.2, -0.15) is 0 Å². The Morgan fingerprint density at radius 3 is 2.61 bits per heavy atom. The van der Waals surface area contributed by atoms with E-state index in [1.54, 1.807) is 24.3 Å². The second kappa shape index (κ2) is 6.02. The number of rotatable bonds is 2. The van der Waals surface area contributed by atoms with Crippen molar-refractivity contribution in [3.8, 4) is 0 Å². The molecule has 116 valence electrons. The Kier molecular flexibility index (Phi) is 4.07. The Balaban J connectivity index is 1.92. The molecule has 1 N–H and O–H groups in total. The topological polar surface area (TPSA) is 59.3 Å². The summed E-state index contributed by atoms with van der Waals surface area (Å²) >= 11 is 11.5. The SMILES string of the molecule is O=C(Nc1ccc2oc(=O)ccc2c1)c1cc(F)c(Cl)cc1Cl. The van der Waals surface area contributed by atoms with Crippen LogP contribution in [-0.4, -0.2) is 5.91 Å². The van der Waals surface area contributed by atoms with Crippen molar-refractivity contribution < 1.29 is 13.6 Å². The van der Waals surface area contributed by atoms with Crippen LogP contribution in [0.15, 0.2) is 51.7 Å². The number of nitrogens with one attached hydrogen (secondary N) is 1. The fraction of sp³-hybridized carbons (Fsp3) is 0. The molecule has 0 spiro atoms. The lowest BCUT2D eigenvalue weighted by Gasteiger charge is -2.08. The average Bonchev–Trinajstić information content (AvgIpc) is 2.51. The van der Waals surface area contributed by atoms with Crippen LogP contribution >= 0.6 is 23.2 Å². The summed E-state index contributed by atoms with van der Waals surface area (Å²) < 4.78 is 18.5. The maximum atomic E-state index is 13.5. The Hall–Kier alpha value is -2.37. The number of amides is 1. The second-order valence-corrected chi connectivity index (χ2v) is 5.52. The van der Waals surface area contributed by atoms with Gasteiger partial charge in [-0.3, -0.25) is 4.79 Å². The third-order valence-electron chi connectivity index (χ3n) is 3.13. The number of fused-ring (bicyclic) bond motifs is 1. The molecule has 0 bridgehead atoms. The molecule has 7 heteroatoms. The quantitative estimate of drug-likeness (QED) is 0.546. The summed E-state index contributed by atoms with van der Waals surface area (Å²) in [5.74, 6) is -1.32. The average molecular weight is 352 g/mol. The summed E-state index contributed by atoms with van der Waals surface area (Å²) in [6.07, 6.45) is 0. The molecule has 0 unspecified atom stereocenters. The van der Waals surface area contributed by atoms with E-state index in [9.17, 15) is 14.0 Å². The van der Waals surface area contributed by atoms with Gasteiger partial charge in [-0.1, -0.05) is 23.2 Å². The lowest BCUT2D eigenvalue weighted by atomic mass is 10.1. The molecule has 3 aromatic rings. The minimum absolute atomic E-state index is 0.0340. The smallest absolute Gasteiger partial charge is 0.336 e. The normalized spacial score (nSPS) is 10.7. The van der Waals surface area contributed by atoms with Crippen molar-refractivity contribution in [2.75, 3.05) is 5.32 Å². The van der Waals surface area contributed by atoms with E-state index in [4.69, 9.17) is 27.6 Å². The maximum absolute atomic E-state index is 13.5. The van der Waals surface area contributed by atoms with Crippen LogP contribution in [0, 0.1) is 5.82 Å². The molecule has 0 aliphatic heterocycles. The van der Waals surface area contributed by atoms with Gasteiger partial charge in [-0.15, -0.1) is 0 Å². The first-order valence-corrected chi connectivity index (χ1v) is 7.19. The zero-order valence-corrected chi connectivity index (χ0v) is 12.9. The first kappa shape index (κ1) is 15.5. The van der Waals surface area contributed by atoms with Gasteiger partial charge in [-0.05, 0) is 36.4 Å². The molecule has 1 aromatic heterocycles. The van der Waals surface area contributed by atoms with Crippen molar-refractivity contribution in [1.82, 2.24) is 0 Å². The van der Waals surface area contributed by atoms with Crippen molar-refractivity contribution in [1.29, 1.82) is 0 Å². The summed E-state index contributed by atoms with van der Waals surface area (Å²) in [6, 6.07) is 9.73. The second-order valence-electron chi connectivity index (χ2n) is 4.71. The number of carbonyl (C=O) groups is 1. The number of hydrogen-bond acceptors (Lipinski definition) is 3. The zero-order chi connectivity index (χ0) is 16.6. The summed E-state index contributed by atoms with van der Waals surface area (Å²) in [6.45, 7) is 0. The highest BCUT2D eigenvalue weighted by atomic mass is 35.5. The molecule has 0 saturated carbocycles. The van der Waals surface area contributed by atoms with Gasteiger partial charge in [0.15, 0.2) is 0 Å². The molecule has 0 fully saturated rings. The Morgan fingerprint density at radius 2 is 1.83 bits per heavy atom. The summed E-state index contributed by atoms with van der Waals surface area (Å²) in [5, 5.41) is 3.12. The fourth-order valence-corrected chi connectivity index (χ4v) is 2.51. The number of halogens is 3. The molecule has 1 heterocycles. The van der Waals surface area contributed by atoms with Gasteiger partial charge in [-0.25, -0.2) is 9.18 Å². The van der Waals surface area contributed by atoms with Gasteiger partial charge in [0.25, 0.3) is 5.91 Å². The molecule has 2 aromatic carbocycles. The third kappa shape index (κ3) is 3.21. The van der Waals surface area contributed by atoms with Crippen molar-refractivity contribution in [2.45, 2.75) is 0 Å². The van der Waals surface area contributed by atoms with Crippen LogP contribution in [0.3, 0.4) is 0 Å². The lowest BCUT2D eigenvalue weighted by molar-refractivity contribution is 0.102. The molecule has 0 aliphatic rings. The number of carbonyl (C=O) groups excluding carboxylic acids is 1. The number of anilines is 1. The predicted octanol–water partition coefficient (Wildman–Crippen LogP) is 4.49. The standard InChI is InChI=1S/C16H8Cl2FNO3/c17-11-7-12(18)13(19)6-10(11)16(22)20-9-2-3-14-8(5-9)1-4-15(21)23-14/h1-7H,(H,20,22). The van der Waals surface area contributed by atoms with Gasteiger partial charge in [0.2, 0.25) is 0 Å². The maximum Gasteiger partial charge on any atom is 0.336 e. The molecule has 0 radical (unpaired) electrons. The molecule has 3 rings (SSSR count). The van der Waals surface area contributed by atoms with Crippen LogP contribution in [-0.2, 0) is 0 Å². The predicted molar refractivity (Wildman–Crippen MR) is 86.9 cm³/mol. The van der Waals surface area contributed by atoms with E-state index in [1.165, 1.54) is 12.1 Å². The van der Waals surface area contributed by atoms with E-state index in [1.807, 2.05) is 0 Å². The third-order valence-corrected chi connectivity index (χ3v) is 3.73. The molecule has 0 saturated heterocycles. The number of benzene rings is 2. The zero-order valence-electron chi connectivity index (χ0n) is 11.4. The highest BCUT2D eigenvalue weighted by molar-refractivity contribution is 6.37. The molecule has 0 aliphatic carbocycles. The molecule has 0 atom stereocenters. The van der Waals surface area contributed by atoms with E-state index in [0.29, 0.717) is 16.7 Å². The van der Waals surface area contributed by atoms with Crippen molar-refractivity contribution in [2.24, 2.45) is 0 Å². The Morgan fingerprint density at radius 1 is 1.04 bits per heavy atom. The van der Waals surface area contributed by atoms with Crippen LogP contribution in [0.2, 0.25) is 10.0 Å². The summed E-state index contributed by atoms with van der Waals surface area (Å²) in [7, 11) is 0. The minimum atomic E-state index is -0.735. The largest absolute Gasteiger partial charge is 0.423 e. The minimum Gasteiger partial charge on any atom is -0.423 e. The molecular weight excluding hydrogens is 344 g/mol. The van der Waals surface area contributed by atoms with Gasteiger partial charge >= 0.3 is 5.63 Å². The first-order chi connectivity index (χ1) is 10.9. The fourth-order valence-electron chi connectivity index (χ4n) is 2.04. The lowest BCUT2D eigenvalue weighted by Crippen LogP contribution is -2.13. The molecular formula is C16H8Cl2FNO3. The van der Waals surface area contributed by atoms with Gasteiger partial charge in [0.1, 0.15) is 11.4 Å². The Labute approximate surface area is 139 Å². The van der Waals surface area contributed by atoms with Crippen LogP contribution in [0.5, 0.6) is 0 Å². The van der Waals surface area contributed by atoms with Crippen molar-refractivity contribution in [3.05, 3.63) is 74.3 Å². The van der Waals surface area contributed by atoms with Crippen LogP contribution in [0.1, 0.15) is 10.4 Å². The van der Waals surface area contributed by atoms with E-state index >= 15 is 0 Å². The Bertz CT molecular complexity index is 985. The van der Waals surface area contributed by atoms with Crippen molar-refractivity contribution in [3.63, 3.8) is 0 Å². The van der Waals surface area contributed by atoms with Gasteiger partial charge in [0, 0.05) is 17.1 Å². The monoisotopic (exact) mass is 351 g/mol. The van der Waals surface area contributed by atoms with Gasteiger partial charge in [0.05, 0.1) is 15.6 Å². The van der Waals surface area contributed by atoms with E-state index in [0.717, 1.165) is 6.07 Å². The summed E-state index contributed by atoms with van der Waals surface area (Å²) in [4.78, 5) is 23.3. The number of hydrogen-bond donors (Lipinski definition) is 1. The van der Waals surface area contributed by atoms with Gasteiger partial charge < -0.3 is 9.73 Å². The highest BCUT2D eigenvalue weighted by Crippen LogP contribution is 2.25. The van der Waals surface area contributed by atoms with Crippen LogP contribution in [0.25, 0.3) is 11.0 Å². The molecule has 4 nitrogen and oxygen atoms in total. The van der Waals surface area contributed by atoms with Crippen LogP contribution < -0.4 is 10.9 Å². The van der Waals surface area contributed by atoms with E-state index in [-0.39, 0.29) is 15.6 Å².